The van der Waals surface area contributed by atoms with E-state index in [1.165, 1.54) is 16.8 Å². The minimum atomic E-state index is -0.438. The van der Waals surface area contributed by atoms with Gasteiger partial charge in [0.1, 0.15) is 5.69 Å². The van der Waals surface area contributed by atoms with Crippen LogP contribution in [0.2, 0.25) is 0 Å². The molecule has 7 nitrogen and oxygen atoms in total. The first kappa shape index (κ1) is 14.7. The summed E-state index contributed by atoms with van der Waals surface area (Å²) in [5.41, 5.74) is 1.63. The van der Waals surface area contributed by atoms with Crippen molar-refractivity contribution in [1.82, 2.24) is 9.78 Å². The second-order valence-electron chi connectivity index (χ2n) is 4.63. The van der Waals surface area contributed by atoms with Gasteiger partial charge in [-0.2, -0.15) is 5.10 Å². The van der Waals surface area contributed by atoms with Crippen molar-refractivity contribution in [1.29, 1.82) is 0 Å². The highest BCUT2D eigenvalue weighted by atomic mass is 16.6. The van der Waals surface area contributed by atoms with Crippen LogP contribution < -0.4 is 10.9 Å². The van der Waals surface area contributed by atoms with Gasteiger partial charge in [-0.15, -0.1) is 0 Å². The van der Waals surface area contributed by atoms with E-state index in [0.717, 1.165) is 5.56 Å². The van der Waals surface area contributed by atoms with Crippen LogP contribution in [-0.4, -0.2) is 21.2 Å². The summed E-state index contributed by atoms with van der Waals surface area (Å²) in [6.45, 7) is 4.38. The van der Waals surface area contributed by atoms with Crippen LogP contribution in [0.4, 0.5) is 11.4 Å². The second-order valence-corrected chi connectivity index (χ2v) is 4.63. The third kappa shape index (κ3) is 3.25. The molecule has 0 amide bonds. The molecule has 21 heavy (non-hydrogen) atoms. The summed E-state index contributed by atoms with van der Waals surface area (Å²) in [6.07, 6.45) is 1.59. The predicted octanol–water partition coefficient (Wildman–Crippen LogP) is 1.94. The van der Waals surface area contributed by atoms with Crippen molar-refractivity contribution in [2.75, 3.05) is 11.9 Å². The lowest BCUT2D eigenvalue weighted by Crippen LogP contribution is -2.23. The van der Waals surface area contributed by atoms with Crippen LogP contribution in [0.25, 0.3) is 0 Å². The number of hydrogen-bond donors (Lipinski definition) is 1. The molecule has 0 fully saturated rings. The zero-order chi connectivity index (χ0) is 15.4. The molecule has 1 aromatic heterocycles. The predicted molar refractivity (Wildman–Crippen MR) is 79.6 cm³/mol. The first-order valence-corrected chi connectivity index (χ1v) is 6.57. The third-order valence-electron chi connectivity index (χ3n) is 3.01. The standard InChI is InChI=1S/C14H16N4O3/c1-3-15-14-11(5-4-6-12(14)18(20)21)9-17-13(19)7-10(2)8-16-17/h4-8,15H,3,9H2,1-2H3. The SMILES string of the molecule is CCNc1c(Cn2ncc(C)cc2=O)cccc1[N+](=O)[O-]. The van der Waals surface area contributed by atoms with Crippen molar-refractivity contribution < 1.29 is 4.92 Å². The van der Waals surface area contributed by atoms with Crippen molar-refractivity contribution in [2.45, 2.75) is 20.4 Å². The zero-order valence-electron chi connectivity index (χ0n) is 11.9. The average molecular weight is 288 g/mol. The Morgan fingerprint density at radius 3 is 2.81 bits per heavy atom. The van der Waals surface area contributed by atoms with E-state index in [0.29, 0.717) is 17.8 Å². The molecule has 0 bridgehead atoms. The molecular weight excluding hydrogens is 272 g/mol. The Labute approximate surface area is 121 Å². The Hall–Kier alpha value is -2.70. The van der Waals surface area contributed by atoms with Gasteiger partial charge in [-0.3, -0.25) is 14.9 Å². The van der Waals surface area contributed by atoms with E-state index < -0.39 is 4.92 Å². The molecule has 0 aliphatic carbocycles. The van der Waals surface area contributed by atoms with Gasteiger partial charge in [0.05, 0.1) is 17.7 Å². The summed E-state index contributed by atoms with van der Waals surface area (Å²) in [7, 11) is 0. The van der Waals surface area contributed by atoms with Crippen LogP contribution in [0.5, 0.6) is 0 Å². The van der Waals surface area contributed by atoms with Crippen LogP contribution in [0.3, 0.4) is 0 Å². The summed E-state index contributed by atoms with van der Waals surface area (Å²) in [5.74, 6) is 0. The Kier molecular flexibility index (Phi) is 4.32. The maximum Gasteiger partial charge on any atom is 0.292 e. The van der Waals surface area contributed by atoms with Gasteiger partial charge in [0, 0.05) is 24.2 Å². The third-order valence-corrected chi connectivity index (χ3v) is 3.01. The molecule has 1 heterocycles. The average Bonchev–Trinajstić information content (AvgIpc) is 2.43. The molecule has 0 saturated heterocycles. The van der Waals surface area contributed by atoms with Gasteiger partial charge >= 0.3 is 0 Å². The summed E-state index contributed by atoms with van der Waals surface area (Å²) in [4.78, 5) is 22.5. The number of aryl methyl sites for hydroxylation is 1. The summed E-state index contributed by atoms with van der Waals surface area (Å²) in [6, 6.07) is 6.27. The number of nitro groups is 1. The number of hydrogen-bond acceptors (Lipinski definition) is 5. The lowest BCUT2D eigenvalue weighted by atomic mass is 10.1. The van der Waals surface area contributed by atoms with E-state index >= 15 is 0 Å². The quantitative estimate of drug-likeness (QED) is 0.670. The molecule has 0 aliphatic heterocycles. The highest BCUT2D eigenvalue weighted by molar-refractivity contribution is 5.66. The van der Waals surface area contributed by atoms with E-state index in [1.807, 2.05) is 6.92 Å². The highest BCUT2D eigenvalue weighted by Crippen LogP contribution is 2.28. The van der Waals surface area contributed by atoms with Crippen LogP contribution in [0.15, 0.2) is 35.3 Å². The van der Waals surface area contributed by atoms with E-state index in [2.05, 4.69) is 10.4 Å². The van der Waals surface area contributed by atoms with E-state index in [1.54, 1.807) is 25.3 Å². The molecule has 0 saturated carbocycles. The number of aromatic nitrogens is 2. The second kappa shape index (κ2) is 6.17. The molecule has 0 spiro atoms. The molecule has 7 heteroatoms. The largest absolute Gasteiger partial charge is 0.379 e. The van der Waals surface area contributed by atoms with Gasteiger partial charge in [0.15, 0.2) is 0 Å². The van der Waals surface area contributed by atoms with Gasteiger partial charge in [0.25, 0.3) is 11.2 Å². The molecule has 0 aliphatic rings. The molecule has 110 valence electrons. The van der Waals surface area contributed by atoms with Gasteiger partial charge in [-0.1, -0.05) is 12.1 Å². The smallest absolute Gasteiger partial charge is 0.292 e. The molecule has 2 aromatic rings. The monoisotopic (exact) mass is 288 g/mol. The van der Waals surface area contributed by atoms with Crippen molar-refractivity contribution in [3.8, 4) is 0 Å². The van der Waals surface area contributed by atoms with E-state index in [9.17, 15) is 14.9 Å². The lowest BCUT2D eigenvalue weighted by Gasteiger charge is -2.12. The van der Waals surface area contributed by atoms with Crippen LogP contribution in [-0.2, 0) is 6.54 Å². The molecule has 2 rings (SSSR count). The molecule has 0 radical (unpaired) electrons. The van der Waals surface area contributed by atoms with Gasteiger partial charge < -0.3 is 5.32 Å². The van der Waals surface area contributed by atoms with Crippen molar-refractivity contribution in [2.24, 2.45) is 0 Å². The molecule has 1 aromatic carbocycles. The topological polar surface area (TPSA) is 90.1 Å². The first-order valence-electron chi connectivity index (χ1n) is 6.57. The van der Waals surface area contributed by atoms with Crippen LogP contribution in [0, 0.1) is 17.0 Å². The normalized spacial score (nSPS) is 10.4. The van der Waals surface area contributed by atoms with Crippen LogP contribution in [0.1, 0.15) is 18.1 Å². The summed E-state index contributed by atoms with van der Waals surface area (Å²) < 4.78 is 1.28. The van der Waals surface area contributed by atoms with Crippen LogP contribution >= 0.6 is 0 Å². The number of nitrogens with zero attached hydrogens (tertiary/aromatic N) is 3. The van der Waals surface area contributed by atoms with Crippen molar-refractivity contribution in [3.63, 3.8) is 0 Å². The van der Waals surface area contributed by atoms with E-state index in [-0.39, 0.29) is 17.8 Å². The minimum Gasteiger partial charge on any atom is -0.379 e. The van der Waals surface area contributed by atoms with Crippen molar-refractivity contribution in [3.05, 3.63) is 62.1 Å². The number of anilines is 1. The number of benzene rings is 1. The maximum atomic E-state index is 11.9. The molecule has 0 atom stereocenters. The van der Waals surface area contributed by atoms with Crippen molar-refractivity contribution >= 4 is 11.4 Å². The Balaban J connectivity index is 2.46. The number of nitrogens with one attached hydrogen (secondary N) is 1. The summed E-state index contributed by atoms with van der Waals surface area (Å²) >= 11 is 0. The maximum absolute atomic E-state index is 11.9. The molecular formula is C14H16N4O3. The lowest BCUT2D eigenvalue weighted by molar-refractivity contribution is -0.384. The van der Waals surface area contributed by atoms with E-state index in [4.69, 9.17) is 0 Å². The molecule has 0 unspecified atom stereocenters. The Bertz CT molecular complexity index is 724. The van der Waals surface area contributed by atoms with Gasteiger partial charge in [0.2, 0.25) is 0 Å². The number of nitro benzene ring substituents is 1. The zero-order valence-corrected chi connectivity index (χ0v) is 11.9. The Morgan fingerprint density at radius 1 is 1.43 bits per heavy atom. The highest BCUT2D eigenvalue weighted by Gasteiger charge is 2.17. The minimum absolute atomic E-state index is 0.00508. The fourth-order valence-electron chi connectivity index (χ4n) is 2.06. The van der Waals surface area contributed by atoms with Gasteiger partial charge in [-0.05, 0) is 19.4 Å². The fraction of sp³-hybridized carbons (Fsp3) is 0.286. The number of para-hydroxylation sites is 1. The fourth-order valence-corrected chi connectivity index (χ4v) is 2.06. The summed E-state index contributed by atoms with van der Waals surface area (Å²) in [5, 5.41) is 18.1. The first-order chi connectivity index (χ1) is 10.0. The Morgan fingerprint density at radius 2 is 2.19 bits per heavy atom. The van der Waals surface area contributed by atoms with Gasteiger partial charge in [-0.25, -0.2) is 4.68 Å². The number of rotatable bonds is 5. The molecule has 1 N–H and O–H groups in total.